The first-order valence-electron chi connectivity index (χ1n) is 9.52. The number of aryl methyl sites for hydroxylation is 2. The minimum Gasteiger partial charge on any atom is -0.326 e. The van der Waals surface area contributed by atoms with E-state index in [4.69, 9.17) is 0 Å². The molecule has 5 nitrogen and oxygen atoms in total. The number of nitrogens with zero attached hydrogens (tertiary/aromatic N) is 3. The average Bonchev–Trinajstić information content (AvgIpc) is 2.83. The van der Waals surface area contributed by atoms with Crippen molar-refractivity contribution in [2.24, 2.45) is 13.0 Å². The summed E-state index contributed by atoms with van der Waals surface area (Å²) in [5.41, 5.74) is 5.14. The Morgan fingerprint density at radius 1 is 1.27 bits per heavy atom. The van der Waals surface area contributed by atoms with Gasteiger partial charge >= 0.3 is 0 Å². The van der Waals surface area contributed by atoms with E-state index in [0.29, 0.717) is 6.42 Å². The third-order valence-corrected chi connectivity index (χ3v) is 5.38. The number of carbonyl (C=O) groups excluding carboxylic acids is 1. The summed E-state index contributed by atoms with van der Waals surface area (Å²) in [4.78, 5) is 14.9. The number of rotatable bonds is 5. The zero-order valence-electron chi connectivity index (χ0n) is 16.4. The molecule has 1 amide bonds. The molecule has 1 aliphatic rings. The van der Waals surface area contributed by atoms with Gasteiger partial charge in [-0.2, -0.15) is 5.10 Å². The molecule has 1 saturated heterocycles. The predicted octanol–water partition coefficient (Wildman–Crippen LogP) is 3.45. The lowest BCUT2D eigenvalue weighted by atomic mass is 10.00. The monoisotopic (exact) mass is 354 g/mol. The second-order valence-electron chi connectivity index (χ2n) is 7.68. The fraction of sp³-hybridized carbons (Fsp3) is 0.524. The van der Waals surface area contributed by atoms with Crippen molar-refractivity contribution in [3.05, 3.63) is 46.8 Å². The van der Waals surface area contributed by atoms with E-state index in [-0.39, 0.29) is 5.91 Å². The van der Waals surface area contributed by atoms with Crippen LogP contribution in [-0.4, -0.2) is 33.7 Å². The van der Waals surface area contributed by atoms with E-state index in [1.54, 1.807) is 0 Å². The van der Waals surface area contributed by atoms with Crippen LogP contribution in [0, 0.1) is 19.8 Å². The van der Waals surface area contributed by atoms with Gasteiger partial charge in [-0.15, -0.1) is 0 Å². The summed E-state index contributed by atoms with van der Waals surface area (Å²) in [6, 6.07) is 8.25. The fourth-order valence-electron chi connectivity index (χ4n) is 3.82. The number of benzene rings is 1. The molecular weight excluding hydrogens is 324 g/mol. The van der Waals surface area contributed by atoms with E-state index in [2.05, 4.69) is 34.4 Å². The Balaban J connectivity index is 1.56. The molecule has 1 aliphatic heterocycles. The largest absolute Gasteiger partial charge is 0.326 e. The van der Waals surface area contributed by atoms with Gasteiger partial charge in [0, 0.05) is 37.1 Å². The molecule has 26 heavy (non-hydrogen) atoms. The van der Waals surface area contributed by atoms with Crippen LogP contribution >= 0.6 is 0 Å². The van der Waals surface area contributed by atoms with Crippen molar-refractivity contribution in [2.45, 2.75) is 46.6 Å². The maximum atomic E-state index is 12.4. The molecule has 0 radical (unpaired) electrons. The molecule has 2 heterocycles. The number of carbonyl (C=O) groups is 1. The first-order chi connectivity index (χ1) is 12.4. The van der Waals surface area contributed by atoms with Gasteiger partial charge in [0.05, 0.1) is 12.1 Å². The topological polar surface area (TPSA) is 50.2 Å². The van der Waals surface area contributed by atoms with Crippen molar-refractivity contribution in [3.8, 4) is 0 Å². The SMILES string of the molecule is Cc1nn(C)c(C)c1CC(=O)Nc1ccc(CN2CCC[C@H](C)C2)cc1. The van der Waals surface area contributed by atoms with Gasteiger partial charge in [-0.25, -0.2) is 0 Å². The molecule has 0 spiro atoms. The number of amides is 1. The van der Waals surface area contributed by atoms with Crippen molar-refractivity contribution in [2.75, 3.05) is 18.4 Å². The normalized spacial score (nSPS) is 18.1. The second kappa shape index (κ2) is 8.04. The van der Waals surface area contributed by atoms with Crippen molar-refractivity contribution in [1.29, 1.82) is 0 Å². The summed E-state index contributed by atoms with van der Waals surface area (Å²) in [6.45, 7) is 9.64. The maximum absolute atomic E-state index is 12.4. The Labute approximate surface area is 156 Å². The number of piperidine rings is 1. The molecule has 5 heteroatoms. The highest BCUT2D eigenvalue weighted by Crippen LogP contribution is 2.19. The molecule has 1 aromatic carbocycles. The summed E-state index contributed by atoms with van der Waals surface area (Å²) >= 11 is 0. The highest BCUT2D eigenvalue weighted by molar-refractivity contribution is 5.92. The molecule has 1 N–H and O–H groups in total. The molecule has 140 valence electrons. The van der Waals surface area contributed by atoms with Gasteiger partial charge in [-0.3, -0.25) is 14.4 Å². The molecule has 1 atom stereocenters. The molecule has 3 rings (SSSR count). The van der Waals surface area contributed by atoms with E-state index >= 15 is 0 Å². The van der Waals surface area contributed by atoms with Crippen LogP contribution in [0.25, 0.3) is 0 Å². The fourth-order valence-corrected chi connectivity index (χ4v) is 3.82. The van der Waals surface area contributed by atoms with Crippen LogP contribution in [0.1, 0.15) is 42.3 Å². The van der Waals surface area contributed by atoms with Crippen molar-refractivity contribution in [1.82, 2.24) is 14.7 Å². The minimum atomic E-state index is 0.00167. The summed E-state index contributed by atoms with van der Waals surface area (Å²) in [7, 11) is 1.91. The third-order valence-electron chi connectivity index (χ3n) is 5.38. The van der Waals surface area contributed by atoms with E-state index in [1.807, 2.05) is 37.7 Å². The number of anilines is 1. The smallest absolute Gasteiger partial charge is 0.228 e. The van der Waals surface area contributed by atoms with Gasteiger partial charge in [0.15, 0.2) is 0 Å². The molecule has 0 bridgehead atoms. The van der Waals surface area contributed by atoms with E-state index in [1.165, 1.54) is 31.5 Å². The summed E-state index contributed by atoms with van der Waals surface area (Å²) in [5.74, 6) is 0.795. The molecule has 0 aliphatic carbocycles. The lowest BCUT2D eigenvalue weighted by Crippen LogP contribution is -2.33. The molecule has 0 unspecified atom stereocenters. The summed E-state index contributed by atoms with van der Waals surface area (Å²) in [6.07, 6.45) is 3.00. The zero-order chi connectivity index (χ0) is 18.7. The molecule has 2 aromatic rings. The van der Waals surface area contributed by atoms with Crippen molar-refractivity contribution in [3.63, 3.8) is 0 Å². The molecular formula is C21H30N4O. The zero-order valence-corrected chi connectivity index (χ0v) is 16.4. The van der Waals surface area contributed by atoms with E-state index in [9.17, 15) is 4.79 Å². The first kappa shape index (κ1) is 18.6. The van der Waals surface area contributed by atoms with Crippen molar-refractivity contribution >= 4 is 11.6 Å². The molecule has 1 fully saturated rings. The van der Waals surface area contributed by atoms with E-state index < -0.39 is 0 Å². The Morgan fingerprint density at radius 3 is 2.62 bits per heavy atom. The lowest BCUT2D eigenvalue weighted by molar-refractivity contribution is -0.115. The standard InChI is InChI=1S/C21H30N4O/c1-15-6-5-11-25(13-15)14-18-7-9-19(10-8-18)22-21(26)12-20-16(2)23-24(4)17(20)3/h7-10,15H,5-6,11-14H2,1-4H3,(H,22,26)/t15-/m0/s1. The number of hydrogen-bond donors (Lipinski definition) is 1. The summed E-state index contributed by atoms with van der Waals surface area (Å²) < 4.78 is 1.83. The highest BCUT2D eigenvalue weighted by Gasteiger charge is 2.16. The van der Waals surface area contributed by atoms with Crippen LogP contribution in [0.3, 0.4) is 0 Å². The van der Waals surface area contributed by atoms with Gasteiger partial charge < -0.3 is 5.32 Å². The van der Waals surface area contributed by atoms with Gasteiger partial charge in [0.2, 0.25) is 5.91 Å². The van der Waals surface area contributed by atoms with Crippen LogP contribution < -0.4 is 5.32 Å². The lowest BCUT2D eigenvalue weighted by Gasteiger charge is -2.30. The highest BCUT2D eigenvalue weighted by atomic mass is 16.1. The van der Waals surface area contributed by atoms with Crippen LogP contribution in [0.5, 0.6) is 0 Å². The minimum absolute atomic E-state index is 0.00167. The van der Waals surface area contributed by atoms with Crippen molar-refractivity contribution < 1.29 is 4.79 Å². The van der Waals surface area contributed by atoms with Gasteiger partial charge in [-0.1, -0.05) is 19.1 Å². The van der Waals surface area contributed by atoms with Crippen LogP contribution in [0.2, 0.25) is 0 Å². The summed E-state index contributed by atoms with van der Waals surface area (Å²) in [5, 5.41) is 7.38. The Hall–Kier alpha value is -2.14. The second-order valence-corrected chi connectivity index (χ2v) is 7.68. The number of hydrogen-bond acceptors (Lipinski definition) is 3. The van der Waals surface area contributed by atoms with Crippen LogP contribution in [-0.2, 0) is 24.8 Å². The third kappa shape index (κ3) is 4.52. The van der Waals surface area contributed by atoms with Gasteiger partial charge in [0.1, 0.15) is 0 Å². The molecule has 0 saturated carbocycles. The number of nitrogens with one attached hydrogen (secondary N) is 1. The van der Waals surface area contributed by atoms with Crippen LogP contribution in [0.15, 0.2) is 24.3 Å². The van der Waals surface area contributed by atoms with E-state index in [0.717, 1.165) is 35.1 Å². The Bertz CT molecular complexity index is 763. The Morgan fingerprint density at radius 2 is 2.00 bits per heavy atom. The Kier molecular flexibility index (Phi) is 5.77. The number of likely N-dealkylation sites (tertiary alicyclic amines) is 1. The van der Waals surface area contributed by atoms with Gasteiger partial charge in [-0.05, 0) is 56.8 Å². The molecule has 1 aromatic heterocycles. The average molecular weight is 354 g/mol. The first-order valence-corrected chi connectivity index (χ1v) is 9.52. The quantitative estimate of drug-likeness (QED) is 0.895. The maximum Gasteiger partial charge on any atom is 0.228 e. The van der Waals surface area contributed by atoms with Gasteiger partial charge in [0.25, 0.3) is 0 Å². The predicted molar refractivity (Wildman–Crippen MR) is 105 cm³/mol. The van der Waals surface area contributed by atoms with Crippen LogP contribution in [0.4, 0.5) is 5.69 Å². The number of aromatic nitrogens is 2.